The molecule has 0 atom stereocenters. The van der Waals surface area contributed by atoms with Crippen molar-refractivity contribution < 1.29 is 33.0 Å². The van der Waals surface area contributed by atoms with E-state index in [2.05, 4.69) is 0 Å². The second-order valence-electron chi connectivity index (χ2n) is 6.07. The molecule has 0 saturated carbocycles. The molecule has 0 radical (unpaired) electrons. The second-order valence-corrected chi connectivity index (χ2v) is 6.07. The van der Waals surface area contributed by atoms with Gasteiger partial charge in [0, 0.05) is 39.0 Å². The molecular formula is C21H16O8. The monoisotopic (exact) mass is 396 g/mol. The van der Waals surface area contributed by atoms with E-state index in [9.17, 15) is 19.2 Å². The molecule has 0 saturated heterocycles. The first-order valence-corrected chi connectivity index (χ1v) is 8.50. The molecule has 0 aliphatic carbocycles. The number of carbonyl (C=O) groups excluding carboxylic acids is 3. The van der Waals surface area contributed by atoms with Gasteiger partial charge in [-0.05, 0) is 24.3 Å². The maximum absolute atomic E-state index is 12.5. The molecule has 0 spiro atoms. The molecule has 29 heavy (non-hydrogen) atoms. The molecule has 1 heterocycles. The molecular weight excluding hydrogens is 380 g/mol. The van der Waals surface area contributed by atoms with E-state index in [1.54, 1.807) is 0 Å². The summed E-state index contributed by atoms with van der Waals surface area (Å²) < 4.78 is 21.0. The lowest BCUT2D eigenvalue weighted by Gasteiger charge is -2.11. The number of esters is 3. The summed E-state index contributed by atoms with van der Waals surface area (Å²) in [7, 11) is 0. The first-order chi connectivity index (χ1) is 13.7. The van der Waals surface area contributed by atoms with Gasteiger partial charge in [0.25, 0.3) is 0 Å². The Hall–Kier alpha value is -3.94. The maximum Gasteiger partial charge on any atom is 0.308 e. The van der Waals surface area contributed by atoms with Gasteiger partial charge in [-0.15, -0.1) is 0 Å². The van der Waals surface area contributed by atoms with Crippen LogP contribution in [-0.4, -0.2) is 17.9 Å². The van der Waals surface area contributed by atoms with Crippen LogP contribution in [0.5, 0.6) is 17.2 Å². The average molecular weight is 396 g/mol. The van der Waals surface area contributed by atoms with Crippen LogP contribution in [0.25, 0.3) is 22.3 Å². The second kappa shape index (κ2) is 7.97. The van der Waals surface area contributed by atoms with Crippen LogP contribution in [0.1, 0.15) is 20.8 Å². The Labute approximate surface area is 164 Å². The third-order valence-electron chi connectivity index (χ3n) is 3.70. The van der Waals surface area contributed by atoms with Gasteiger partial charge < -0.3 is 18.6 Å². The minimum Gasteiger partial charge on any atom is -0.456 e. The minimum absolute atomic E-state index is 0.0508. The zero-order valence-corrected chi connectivity index (χ0v) is 15.8. The van der Waals surface area contributed by atoms with Crippen molar-refractivity contribution in [2.45, 2.75) is 20.8 Å². The molecule has 0 bridgehead atoms. The summed E-state index contributed by atoms with van der Waals surface area (Å²) in [6.07, 6.45) is 0. The van der Waals surface area contributed by atoms with Crippen LogP contribution in [0.15, 0.2) is 51.7 Å². The zero-order chi connectivity index (χ0) is 21.1. The zero-order valence-electron chi connectivity index (χ0n) is 15.8. The molecule has 0 N–H and O–H groups in total. The summed E-state index contributed by atoms with van der Waals surface area (Å²) in [4.78, 5) is 46.3. The molecule has 8 heteroatoms. The van der Waals surface area contributed by atoms with Crippen molar-refractivity contribution in [3.63, 3.8) is 0 Å². The molecule has 0 fully saturated rings. The van der Waals surface area contributed by atoms with E-state index >= 15 is 0 Å². The lowest BCUT2D eigenvalue weighted by Crippen LogP contribution is -2.06. The highest BCUT2D eigenvalue weighted by Gasteiger charge is 2.16. The highest BCUT2D eigenvalue weighted by molar-refractivity contribution is 5.83. The van der Waals surface area contributed by atoms with E-state index in [1.165, 1.54) is 63.2 Å². The van der Waals surface area contributed by atoms with Gasteiger partial charge >= 0.3 is 17.9 Å². The molecule has 2 aromatic carbocycles. The fraction of sp³-hybridized carbons (Fsp3) is 0.143. The Morgan fingerprint density at radius 1 is 0.759 bits per heavy atom. The van der Waals surface area contributed by atoms with Crippen LogP contribution in [0.4, 0.5) is 0 Å². The predicted octanol–water partition coefficient (Wildman–Crippen LogP) is 3.24. The first kappa shape index (κ1) is 19.8. The Kier molecular flexibility index (Phi) is 5.45. The van der Waals surface area contributed by atoms with E-state index < -0.39 is 17.9 Å². The van der Waals surface area contributed by atoms with Gasteiger partial charge in [-0.3, -0.25) is 19.2 Å². The summed E-state index contributed by atoms with van der Waals surface area (Å²) in [5, 5.41) is 0.287. The van der Waals surface area contributed by atoms with Crippen molar-refractivity contribution in [3.8, 4) is 28.6 Å². The van der Waals surface area contributed by atoms with Gasteiger partial charge in [0.15, 0.2) is 5.43 Å². The van der Waals surface area contributed by atoms with Gasteiger partial charge in [0.2, 0.25) is 0 Å². The van der Waals surface area contributed by atoms with Crippen LogP contribution in [0, 0.1) is 0 Å². The van der Waals surface area contributed by atoms with Crippen LogP contribution in [-0.2, 0) is 14.4 Å². The van der Waals surface area contributed by atoms with Crippen LogP contribution >= 0.6 is 0 Å². The summed E-state index contributed by atoms with van der Waals surface area (Å²) in [6, 6.07) is 9.96. The van der Waals surface area contributed by atoms with Crippen molar-refractivity contribution in [1.29, 1.82) is 0 Å². The van der Waals surface area contributed by atoms with E-state index in [4.69, 9.17) is 18.6 Å². The summed E-state index contributed by atoms with van der Waals surface area (Å²) in [6.45, 7) is 3.71. The maximum atomic E-state index is 12.5. The highest BCUT2D eigenvalue weighted by atomic mass is 16.5. The van der Waals surface area contributed by atoms with Crippen LogP contribution < -0.4 is 19.6 Å². The molecule has 148 valence electrons. The number of carbonyl (C=O) groups is 3. The lowest BCUT2D eigenvalue weighted by molar-refractivity contribution is -0.133. The summed E-state index contributed by atoms with van der Waals surface area (Å²) >= 11 is 0. The topological polar surface area (TPSA) is 109 Å². The Morgan fingerprint density at radius 3 is 1.97 bits per heavy atom. The molecule has 8 nitrogen and oxygen atoms in total. The Morgan fingerprint density at radius 2 is 1.34 bits per heavy atom. The minimum atomic E-state index is -0.605. The van der Waals surface area contributed by atoms with Crippen molar-refractivity contribution in [2.24, 2.45) is 0 Å². The third-order valence-corrected chi connectivity index (χ3v) is 3.70. The number of benzene rings is 2. The fourth-order valence-corrected chi connectivity index (χ4v) is 2.67. The van der Waals surface area contributed by atoms with Gasteiger partial charge in [0.1, 0.15) is 28.6 Å². The SMILES string of the molecule is CC(=O)Oc1ccc(-c2cc(=O)c3ccc(OC(C)=O)cc3o2)c(OC(C)=O)c1. The average Bonchev–Trinajstić information content (AvgIpc) is 2.60. The van der Waals surface area contributed by atoms with Crippen LogP contribution in [0.2, 0.25) is 0 Å². The normalized spacial score (nSPS) is 10.4. The molecule has 3 aromatic rings. The number of ether oxygens (including phenoxy) is 3. The van der Waals surface area contributed by atoms with Crippen molar-refractivity contribution in [2.75, 3.05) is 0 Å². The molecule has 0 aliphatic rings. The summed E-state index contributed by atoms with van der Waals surface area (Å²) in [5.41, 5.74) is 0.144. The third kappa shape index (κ3) is 4.67. The van der Waals surface area contributed by atoms with Gasteiger partial charge in [-0.1, -0.05) is 0 Å². The van der Waals surface area contributed by atoms with Crippen LogP contribution in [0.3, 0.4) is 0 Å². The first-order valence-electron chi connectivity index (χ1n) is 8.50. The molecule has 0 amide bonds. The number of hydrogen-bond acceptors (Lipinski definition) is 8. The van der Waals surface area contributed by atoms with Crippen molar-refractivity contribution in [3.05, 3.63) is 52.7 Å². The van der Waals surface area contributed by atoms with E-state index in [1.807, 2.05) is 0 Å². The molecule has 3 rings (SSSR count). The van der Waals surface area contributed by atoms with E-state index in [-0.39, 0.29) is 39.4 Å². The van der Waals surface area contributed by atoms with E-state index in [0.29, 0.717) is 5.56 Å². The van der Waals surface area contributed by atoms with Gasteiger partial charge in [0.05, 0.1) is 10.9 Å². The number of fused-ring (bicyclic) bond motifs is 1. The smallest absolute Gasteiger partial charge is 0.308 e. The largest absolute Gasteiger partial charge is 0.456 e. The fourth-order valence-electron chi connectivity index (χ4n) is 2.67. The Bertz CT molecular complexity index is 1190. The molecule has 0 unspecified atom stereocenters. The predicted molar refractivity (Wildman–Crippen MR) is 102 cm³/mol. The van der Waals surface area contributed by atoms with Crippen molar-refractivity contribution in [1.82, 2.24) is 0 Å². The quantitative estimate of drug-likeness (QED) is 0.488. The highest BCUT2D eigenvalue weighted by Crippen LogP contribution is 2.35. The van der Waals surface area contributed by atoms with Gasteiger partial charge in [-0.2, -0.15) is 0 Å². The molecule has 0 aliphatic heterocycles. The standard InChI is InChI=1S/C21H16O8/c1-11(22)26-14-4-6-16-18(25)10-21(29-19(16)8-14)17-7-5-15(27-12(2)23)9-20(17)28-13(3)24/h4-10H,1-3H3. The summed E-state index contributed by atoms with van der Waals surface area (Å²) in [5.74, 6) is -1.11. The lowest BCUT2D eigenvalue weighted by atomic mass is 10.1. The number of rotatable bonds is 4. The van der Waals surface area contributed by atoms with E-state index in [0.717, 1.165) is 0 Å². The number of hydrogen-bond donors (Lipinski definition) is 0. The van der Waals surface area contributed by atoms with Crippen molar-refractivity contribution >= 4 is 28.9 Å². The van der Waals surface area contributed by atoms with Gasteiger partial charge in [-0.25, -0.2) is 0 Å². The molecule has 1 aromatic heterocycles. The Balaban J connectivity index is 2.15.